The first-order chi connectivity index (χ1) is 20.1. The summed E-state index contributed by atoms with van der Waals surface area (Å²) >= 11 is 0. The number of hydrogen-bond donors (Lipinski definition) is 1. The number of carbonyl (C=O) groups excluding carboxylic acids is 1. The van der Waals surface area contributed by atoms with E-state index in [0.717, 1.165) is 43.4 Å². The number of nitrogens with one attached hydrogen (secondary N) is 1. The highest BCUT2D eigenvalue weighted by Gasteiger charge is 2.30. The van der Waals surface area contributed by atoms with Crippen LogP contribution in [-0.4, -0.2) is 49.7 Å². The average molecular weight is 550 g/mol. The number of amides is 1. The zero-order valence-corrected chi connectivity index (χ0v) is 23.5. The smallest absolute Gasteiger partial charge is 0.243 e. The Morgan fingerprint density at radius 1 is 0.951 bits per heavy atom. The third-order valence-corrected chi connectivity index (χ3v) is 7.68. The molecule has 0 radical (unpaired) electrons. The molecule has 1 aliphatic rings. The number of benzene rings is 3. The quantitative estimate of drug-likeness (QED) is 0.295. The number of anilines is 1. The van der Waals surface area contributed by atoms with Crippen molar-refractivity contribution in [1.29, 1.82) is 5.26 Å². The van der Waals surface area contributed by atoms with Gasteiger partial charge in [-0.2, -0.15) is 5.26 Å². The van der Waals surface area contributed by atoms with E-state index in [1.165, 1.54) is 5.56 Å². The maximum Gasteiger partial charge on any atom is 0.243 e. The monoisotopic (exact) mass is 549 g/mol. The van der Waals surface area contributed by atoms with Crippen molar-refractivity contribution in [2.75, 3.05) is 38.8 Å². The summed E-state index contributed by atoms with van der Waals surface area (Å²) in [5.74, 6) is 1.04. The van der Waals surface area contributed by atoms with Gasteiger partial charge < -0.3 is 19.7 Å². The summed E-state index contributed by atoms with van der Waals surface area (Å²) in [6.07, 6.45) is 3.65. The second-order valence-corrected chi connectivity index (χ2v) is 10.3. The van der Waals surface area contributed by atoms with Crippen LogP contribution in [0.3, 0.4) is 0 Å². The van der Waals surface area contributed by atoms with E-state index in [1.807, 2.05) is 48.5 Å². The van der Waals surface area contributed by atoms with Gasteiger partial charge in [0.05, 0.1) is 31.3 Å². The molecule has 1 N–H and O–H groups in total. The normalized spacial score (nSPS) is 14.3. The second kappa shape index (κ2) is 13.1. The Labute approximate surface area is 240 Å². The minimum atomic E-state index is -1.07. The highest BCUT2D eigenvalue weighted by atomic mass is 16.5. The lowest BCUT2D eigenvalue weighted by Crippen LogP contribution is -2.37. The van der Waals surface area contributed by atoms with E-state index in [2.05, 4.69) is 40.6 Å². The van der Waals surface area contributed by atoms with Gasteiger partial charge >= 0.3 is 0 Å². The van der Waals surface area contributed by atoms with E-state index in [-0.39, 0.29) is 5.91 Å². The first kappa shape index (κ1) is 27.9. The average Bonchev–Trinajstić information content (AvgIpc) is 3.02. The van der Waals surface area contributed by atoms with Gasteiger partial charge in [0.25, 0.3) is 0 Å². The van der Waals surface area contributed by atoms with E-state index < -0.39 is 5.92 Å². The van der Waals surface area contributed by atoms with Gasteiger partial charge in [-0.3, -0.25) is 4.79 Å². The van der Waals surface area contributed by atoms with Gasteiger partial charge in [0.1, 0.15) is 5.69 Å². The Hall–Kier alpha value is -4.64. The molecule has 8 nitrogen and oxygen atoms in total. The maximum atomic E-state index is 13.4. The molecule has 0 bridgehead atoms. The molecule has 210 valence electrons. The van der Waals surface area contributed by atoms with Gasteiger partial charge in [-0.25, -0.2) is 9.97 Å². The van der Waals surface area contributed by atoms with Crippen LogP contribution in [0.2, 0.25) is 0 Å². The predicted molar refractivity (Wildman–Crippen MR) is 159 cm³/mol. The molecule has 1 saturated heterocycles. The molecule has 4 aromatic rings. The molecule has 1 aliphatic heterocycles. The molecule has 1 amide bonds. The van der Waals surface area contributed by atoms with Crippen LogP contribution in [0, 0.1) is 17.2 Å². The number of nitrogens with zero attached hydrogens (tertiary/aromatic N) is 4. The highest BCUT2D eigenvalue weighted by Crippen LogP contribution is 2.32. The molecular weight excluding hydrogens is 514 g/mol. The Morgan fingerprint density at radius 2 is 1.63 bits per heavy atom. The number of rotatable bonds is 10. The number of aromatic nitrogens is 2. The summed E-state index contributed by atoms with van der Waals surface area (Å²) in [7, 11) is 3.19. The number of fused-ring (bicyclic) bond motifs is 1. The first-order valence-corrected chi connectivity index (χ1v) is 14.0. The fourth-order valence-electron chi connectivity index (χ4n) is 5.44. The Morgan fingerprint density at radius 3 is 2.32 bits per heavy atom. The second-order valence-electron chi connectivity index (χ2n) is 10.3. The number of para-hydroxylation sites is 2. The van der Waals surface area contributed by atoms with Crippen molar-refractivity contribution < 1.29 is 14.3 Å². The third-order valence-electron chi connectivity index (χ3n) is 7.68. The fourth-order valence-corrected chi connectivity index (χ4v) is 5.44. The molecule has 0 aliphatic carbocycles. The first-order valence-electron chi connectivity index (χ1n) is 14.0. The van der Waals surface area contributed by atoms with Gasteiger partial charge in [-0.1, -0.05) is 48.5 Å². The predicted octanol–water partition coefficient (Wildman–Crippen LogP) is 5.07. The zero-order valence-electron chi connectivity index (χ0n) is 23.5. The van der Waals surface area contributed by atoms with Crippen LogP contribution >= 0.6 is 0 Å². The fraction of sp³-hybridized carbons (Fsp3) is 0.333. The molecule has 0 spiro atoms. The summed E-state index contributed by atoms with van der Waals surface area (Å²) in [6.45, 7) is 1.97. The summed E-state index contributed by atoms with van der Waals surface area (Å²) in [5, 5.41) is 13.1. The van der Waals surface area contributed by atoms with Crippen molar-refractivity contribution in [3.8, 4) is 17.6 Å². The van der Waals surface area contributed by atoms with Crippen LogP contribution < -0.4 is 19.7 Å². The number of ether oxygens (including phenoxy) is 2. The maximum absolute atomic E-state index is 13.4. The van der Waals surface area contributed by atoms with Crippen molar-refractivity contribution >= 4 is 22.8 Å². The Kier molecular flexibility index (Phi) is 8.95. The summed E-state index contributed by atoms with van der Waals surface area (Å²) in [5.41, 5.74) is 4.18. The van der Waals surface area contributed by atoms with E-state index >= 15 is 0 Å². The van der Waals surface area contributed by atoms with Crippen molar-refractivity contribution in [2.45, 2.75) is 31.6 Å². The molecule has 1 fully saturated rings. The molecule has 2 heterocycles. The minimum absolute atomic E-state index is 0.369. The van der Waals surface area contributed by atoms with E-state index in [1.54, 1.807) is 14.2 Å². The number of piperidine rings is 1. The van der Waals surface area contributed by atoms with Gasteiger partial charge in [0.2, 0.25) is 5.91 Å². The van der Waals surface area contributed by atoms with Crippen LogP contribution in [-0.2, 0) is 17.6 Å². The van der Waals surface area contributed by atoms with Crippen LogP contribution in [0.15, 0.2) is 72.8 Å². The van der Waals surface area contributed by atoms with E-state index in [4.69, 9.17) is 19.4 Å². The summed E-state index contributed by atoms with van der Waals surface area (Å²) < 4.78 is 10.7. The summed E-state index contributed by atoms with van der Waals surface area (Å²) in [4.78, 5) is 25.3. The molecule has 0 saturated carbocycles. The van der Waals surface area contributed by atoms with Crippen molar-refractivity contribution in [2.24, 2.45) is 5.92 Å². The van der Waals surface area contributed by atoms with Crippen molar-refractivity contribution in [3.05, 3.63) is 89.6 Å². The largest absolute Gasteiger partial charge is 0.493 e. The number of methoxy groups -OCH3 is 2. The Balaban J connectivity index is 1.31. The number of hydrogen-bond acceptors (Lipinski definition) is 7. The lowest BCUT2D eigenvalue weighted by molar-refractivity contribution is -0.121. The number of carbonyl (C=O) groups is 1. The standard InChI is InChI=1S/C33H35N5O3/c1-40-29-13-12-24(21-30(29)41-2)14-17-35-33(39)26(22-34)31-32(37-28-11-7-6-10-27(28)36-31)38-18-15-25(16-19-38)20-23-8-4-3-5-9-23/h3-13,21,25-26H,14-20H2,1-2H3,(H,35,39)/t26-/m1/s1. The lowest BCUT2D eigenvalue weighted by Gasteiger charge is -2.34. The lowest BCUT2D eigenvalue weighted by atomic mass is 9.90. The molecule has 0 unspecified atom stereocenters. The number of nitriles is 1. The van der Waals surface area contributed by atoms with Gasteiger partial charge in [0, 0.05) is 19.6 Å². The van der Waals surface area contributed by atoms with Gasteiger partial charge in [0.15, 0.2) is 23.2 Å². The van der Waals surface area contributed by atoms with Crippen molar-refractivity contribution in [3.63, 3.8) is 0 Å². The highest BCUT2D eigenvalue weighted by molar-refractivity contribution is 5.88. The zero-order chi connectivity index (χ0) is 28.6. The topological polar surface area (TPSA) is 100 Å². The minimum Gasteiger partial charge on any atom is -0.493 e. The summed E-state index contributed by atoms with van der Waals surface area (Å²) in [6, 6.07) is 26.1. The van der Waals surface area contributed by atoms with Gasteiger partial charge in [-0.05, 0) is 67.0 Å². The van der Waals surface area contributed by atoms with Crippen molar-refractivity contribution in [1.82, 2.24) is 15.3 Å². The van der Waals surface area contributed by atoms with Crippen LogP contribution in [0.25, 0.3) is 11.0 Å². The SMILES string of the molecule is COc1ccc(CCNC(=O)[C@H](C#N)c2nc3ccccc3nc2N2CCC(Cc3ccccc3)CC2)cc1OC. The molecular formula is C33H35N5O3. The van der Waals surface area contributed by atoms with E-state index in [0.29, 0.717) is 47.4 Å². The molecule has 3 aromatic carbocycles. The molecule has 1 atom stereocenters. The molecule has 5 rings (SSSR count). The molecule has 8 heteroatoms. The molecule has 41 heavy (non-hydrogen) atoms. The molecule has 1 aromatic heterocycles. The van der Waals surface area contributed by atoms with Crippen LogP contribution in [0.5, 0.6) is 11.5 Å². The van der Waals surface area contributed by atoms with Gasteiger partial charge in [-0.15, -0.1) is 0 Å². The third kappa shape index (κ3) is 6.58. The Bertz CT molecular complexity index is 1530. The van der Waals surface area contributed by atoms with Crippen LogP contribution in [0.1, 0.15) is 35.6 Å². The van der Waals surface area contributed by atoms with Crippen LogP contribution in [0.4, 0.5) is 5.82 Å². The van der Waals surface area contributed by atoms with E-state index in [9.17, 15) is 10.1 Å².